The predicted molar refractivity (Wildman–Crippen MR) is 274 cm³/mol. The molecule has 376 valence electrons. The molecule has 0 bridgehead atoms. The summed E-state index contributed by atoms with van der Waals surface area (Å²) in [6.07, 6.45) is 57.4. The molecule has 6 heteroatoms. The number of unbranched alkanes of at least 4 members (excludes halogenated alkanes) is 41. The quantitative estimate of drug-likeness (QED) is 0.0418. The van der Waals surface area contributed by atoms with Gasteiger partial charge in [0.25, 0.3) is 0 Å². The maximum Gasteiger partial charge on any atom is 0.306 e. The molecule has 6 nitrogen and oxygen atoms in total. The van der Waals surface area contributed by atoms with E-state index in [9.17, 15) is 19.8 Å². The molecule has 0 rings (SSSR count). The number of ether oxygens (including phenoxy) is 1. The van der Waals surface area contributed by atoms with Crippen LogP contribution in [0.25, 0.3) is 0 Å². The summed E-state index contributed by atoms with van der Waals surface area (Å²) in [4.78, 5) is 26.2. The summed E-state index contributed by atoms with van der Waals surface area (Å²) in [5.41, 5.74) is 0. The number of aliphatic hydroxyl groups excluding tert-OH is 2. The van der Waals surface area contributed by atoms with Crippen molar-refractivity contribution in [3.63, 3.8) is 0 Å². The molecule has 63 heavy (non-hydrogen) atoms. The van der Waals surface area contributed by atoms with E-state index in [2.05, 4.69) is 26.1 Å². The summed E-state index contributed by atoms with van der Waals surface area (Å²) in [6, 6.07) is -0.693. The van der Waals surface area contributed by atoms with Crippen LogP contribution in [0.15, 0.2) is 0 Å². The summed E-state index contributed by atoms with van der Waals surface area (Å²) < 4.78 is 5.96. The number of amides is 1. The fraction of sp³-hybridized carbons (Fsp3) is 0.965. The Morgan fingerprint density at radius 1 is 0.397 bits per heavy atom. The van der Waals surface area contributed by atoms with Crippen molar-refractivity contribution in [1.82, 2.24) is 5.32 Å². The first-order chi connectivity index (χ1) is 31.0. The molecule has 0 aromatic carbocycles. The second-order valence-electron chi connectivity index (χ2n) is 20.1. The fourth-order valence-electron chi connectivity index (χ4n) is 9.32. The Morgan fingerprint density at radius 3 is 0.968 bits per heavy atom. The monoisotopic (exact) mass is 892 g/mol. The molecule has 3 unspecified atom stereocenters. The molecular weight excluding hydrogens is 779 g/mol. The smallest absolute Gasteiger partial charge is 0.306 e. The Hall–Kier alpha value is -1.14. The van der Waals surface area contributed by atoms with E-state index in [1.54, 1.807) is 0 Å². The molecule has 0 heterocycles. The molecule has 0 aliphatic heterocycles. The first-order valence-electron chi connectivity index (χ1n) is 28.8. The van der Waals surface area contributed by atoms with Crippen molar-refractivity contribution in [2.75, 3.05) is 6.61 Å². The molecule has 0 aromatic rings. The molecule has 0 aromatic heterocycles. The number of hydrogen-bond acceptors (Lipinski definition) is 5. The highest BCUT2D eigenvalue weighted by atomic mass is 16.5. The number of carbonyl (C=O) groups is 2. The largest absolute Gasteiger partial charge is 0.462 e. The zero-order valence-electron chi connectivity index (χ0n) is 43.0. The standard InChI is InChI=1S/C57H113NO5/c1-4-7-10-13-16-19-22-25-28-31-34-37-40-43-46-49-55(60)54(52-59)58-56(61)51-53(48-45-42-39-36-33-30-27-24-21-18-15-12-9-6-3)63-57(62)50-47-44-41-38-35-32-29-26-23-20-17-14-11-8-5-2/h53-55,59-60H,4-52H2,1-3H3,(H,58,61). The molecule has 0 radical (unpaired) electrons. The van der Waals surface area contributed by atoms with Crippen LogP contribution in [0.2, 0.25) is 0 Å². The molecule has 0 aliphatic carbocycles. The Labute approximate surface area is 394 Å². The third kappa shape index (κ3) is 47.2. The summed E-state index contributed by atoms with van der Waals surface area (Å²) in [5.74, 6) is -0.445. The van der Waals surface area contributed by atoms with Gasteiger partial charge in [-0.2, -0.15) is 0 Å². The third-order valence-corrected chi connectivity index (χ3v) is 13.7. The summed E-state index contributed by atoms with van der Waals surface area (Å²) in [6.45, 7) is 6.54. The number of hydrogen-bond donors (Lipinski definition) is 3. The number of nitrogens with one attached hydrogen (secondary N) is 1. The van der Waals surface area contributed by atoms with Crippen LogP contribution in [0.5, 0.6) is 0 Å². The summed E-state index contributed by atoms with van der Waals surface area (Å²) in [5, 5.41) is 23.9. The normalized spacial score (nSPS) is 13.0. The molecule has 0 fully saturated rings. The van der Waals surface area contributed by atoms with Gasteiger partial charge < -0.3 is 20.3 Å². The Kier molecular flexibility index (Phi) is 50.9. The van der Waals surface area contributed by atoms with Gasteiger partial charge in [0.1, 0.15) is 6.10 Å². The lowest BCUT2D eigenvalue weighted by Gasteiger charge is -2.24. The van der Waals surface area contributed by atoms with E-state index in [1.165, 1.54) is 244 Å². The summed E-state index contributed by atoms with van der Waals surface area (Å²) in [7, 11) is 0. The van der Waals surface area contributed by atoms with E-state index < -0.39 is 18.2 Å². The van der Waals surface area contributed by atoms with Crippen LogP contribution in [0.1, 0.15) is 329 Å². The molecule has 0 aliphatic rings. The van der Waals surface area contributed by atoms with Crippen molar-refractivity contribution in [3.8, 4) is 0 Å². The van der Waals surface area contributed by atoms with Gasteiger partial charge in [0.05, 0.1) is 25.2 Å². The molecular formula is C57H113NO5. The van der Waals surface area contributed by atoms with Crippen molar-refractivity contribution in [2.45, 2.75) is 347 Å². The maximum absolute atomic E-state index is 13.3. The highest BCUT2D eigenvalue weighted by Gasteiger charge is 2.24. The SMILES string of the molecule is CCCCCCCCCCCCCCCCCC(=O)OC(CCCCCCCCCCCCCCCC)CC(=O)NC(CO)C(O)CCCCCCCCCCCCCCCCC. The Morgan fingerprint density at radius 2 is 0.667 bits per heavy atom. The molecule has 0 spiro atoms. The second-order valence-corrected chi connectivity index (χ2v) is 20.1. The second kappa shape index (κ2) is 51.8. The average Bonchev–Trinajstić information content (AvgIpc) is 3.28. The lowest BCUT2D eigenvalue weighted by molar-refractivity contribution is -0.151. The number of rotatable bonds is 53. The van der Waals surface area contributed by atoms with Crippen LogP contribution in [0, 0.1) is 0 Å². The van der Waals surface area contributed by atoms with E-state index in [0.717, 1.165) is 38.5 Å². The van der Waals surface area contributed by atoms with Crippen molar-refractivity contribution in [1.29, 1.82) is 0 Å². The topological polar surface area (TPSA) is 95.9 Å². The van der Waals surface area contributed by atoms with Gasteiger partial charge in [-0.3, -0.25) is 9.59 Å². The Balaban J connectivity index is 4.48. The van der Waals surface area contributed by atoms with Crippen LogP contribution in [0.4, 0.5) is 0 Å². The van der Waals surface area contributed by atoms with Crippen molar-refractivity contribution >= 4 is 11.9 Å². The predicted octanol–water partition coefficient (Wildman–Crippen LogP) is 17.5. The van der Waals surface area contributed by atoms with Crippen molar-refractivity contribution in [3.05, 3.63) is 0 Å². The number of carbonyl (C=O) groups excluding carboxylic acids is 2. The van der Waals surface area contributed by atoms with E-state index in [0.29, 0.717) is 19.3 Å². The van der Waals surface area contributed by atoms with E-state index in [4.69, 9.17) is 4.74 Å². The minimum absolute atomic E-state index is 0.0885. The molecule has 1 amide bonds. The van der Waals surface area contributed by atoms with Crippen LogP contribution in [-0.4, -0.2) is 46.9 Å². The minimum atomic E-state index is -0.780. The van der Waals surface area contributed by atoms with Gasteiger partial charge in [0.15, 0.2) is 0 Å². The molecule has 0 saturated carbocycles. The first kappa shape index (κ1) is 61.9. The lowest BCUT2D eigenvalue weighted by Crippen LogP contribution is -2.46. The minimum Gasteiger partial charge on any atom is -0.462 e. The van der Waals surface area contributed by atoms with Gasteiger partial charge in [-0.05, 0) is 25.7 Å². The van der Waals surface area contributed by atoms with Gasteiger partial charge in [0, 0.05) is 6.42 Å². The zero-order chi connectivity index (χ0) is 45.9. The van der Waals surface area contributed by atoms with Crippen LogP contribution >= 0.6 is 0 Å². The van der Waals surface area contributed by atoms with E-state index in [-0.39, 0.29) is 24.9 Å². The highest BCUT2D eigenvalue weighted by Crippen LogP contribution is 2.19. The van der Waals surface area contributed by atoms with Gasteiger partial charge in [-0.15, -0.1) is 0 Å². The number of aliphatic hydroxyl groups is 2. The van der Waals surface area contributed by atoms with Crippen molar-refractivity contribution < 1.29 is 24.5 Å². The van der Waals surface area contributed by atoms with Gasteiger partial charge >= 0.3 is 5.97 Å². The molecule has 3 N–H and O–H groups in total. The van der Waals surface area contributed by atoms with Crippen LogP contribution < -0.4 is 5.32 Å². The molecule has 0 saturated heterocycles. The third-order valence-electron chi connectivity index (χ3n) is 13.7. The maximum atomic E-state index is 13.3. The first-order valence-corrected chi connectivity index (χ1v) is 28.8. The van der Waals surface area contributed by atoms with Crippen LogP contribution in [0.3, 0.4) is 0 Å². The van der Waals surface area contributed by atoms with Crippen molar-refractivity contribution in [2.24, 2.45) is 0 Å². The average molecular weight is 893 g/mol. The van der Waals surface area contributed by atoms with E-state index in [1.807, 2.05) is 0 Å². The zero-order valence-corrected chi connectivity index (χ0v) is 43.0. The highest BCUT2D eigenvalue weighted by molar-refractivity contribution is 5.77. The number of esters is 1. The van der Waals surface area contributed by atoms with Gasteiger partial charge in [-0.25, -0.2) is 0 Å². The van der Waals surface area contributed by atoms with E-state index >= 15 is 0 Å². The fourth-order valence-corrected chi connectivity index (χ4v) is 9.32. The molecule has 3 atom stereocenters. The van der Waals surface area contributed by atoms with Gasteiger partial charge in [0.2, 0.25) is 5.91 Å². The Bertz CT molecular complexity index is 913. The summed E-state index contributed by atoms with van der Waals surface area (Å²) >= 11 is 0. The van der Waals surface area contributed by atoms with Gasteiger partial charge in [-0.1, -0.05) is 290 Å². The lowest BCUT2D eigenvalue weighted by atomic mass is 10.0. The van der Waals surface area contributed by atoms with Crippen LogP contribution in [-0.2, 0) is 14.3 Å².